The summed E-state index contributed by atoms with van der Waals surface area (Å²) in [5.74, 6) is 0.0289. The first-order valence-electron chi connectivity index (χ1n) is 9.94. The van der Waals surface area contributed by atoms with Crippen molar-refractivity contribution in [3.63, 3.8) is 0 Å². The molecular weight excluding hydrogens is 422 g/mol. The van der Waals surface area contributed by atoms with E-state index in [9.17, 15) is 18.0 Å². The molecule has 1 aromatic rings. The molecule has 1 aliphatic heterocycles. The molecule has 2 aliphatic rings. The molecule has 0 radical (unpaired) electrons. The number of fused-ring (bicyclic) bond motifs is 1. The molecule has 30 heavy (non-hydrogen) atoms. The maximum atomic E-state index is 13.0. The molecule has 1 saturated heterocycles. The third kappa shape index (κ3) is 5.30. The van der Waals surface area contributed by atoms with Crippen LogP contribution in [0.4, 0.5) is 9.59 Å². The Bertz CT molecular complexity index is 930. The van der Waals surface area contributed by atoms with E-state index in [1.54, 1.807) is 19.2 Å². The van der Waals surface area contributed by atoms with Gasteiger partial charge in [0.2, 0.25) is 10.0 Å². The Hall–Kier alpha value is -2.17. The Morgan fingerprint density at radius 2 is 1.87 bits per heavy atom. The SMILES string of the molecule is CN(Cc1ccccc1)C(=O)N1C(=O)O[C@@H]2C=C[C@@H](NS(=O)(=O)CC[Si](C)(C)C)[C@@H]21. The van der Waals surface area contributed by atoms with Crippen molar-refractivity contribution in [1.82, 2.24) is 14.5 Å². The number of rotatable bonds is 7. The molecule has 3 amide bonds. The summed E-state index contributed by atoms with van der Waals surface area (Å²) in [5, 5.41) is 0. The van der Waals surface area contributed by atoms with E-state index in [1.807, 2.05) is 30.3 Å². The first-order chi connectivity index (χ1) is 14.0. The number of hydrogen-bond donors (Lipinski definition) is 1. The largest absolute Gasteiger partial charge is 0.439 e. The van der Waals surface area contributed by atoms with Crippen molar-refractivity contribution in [2.24, 2.45) is 0 Å². The summed E-state index contributed by atoms with van der Waals surface area (Å²) >= 11 is 0. The highest BCUT2D eigenvalue weighted by Crippen LogP contribution is 2.30. The van der Waals surface area contributed by atoms with Crippen LogP contribution in [0.1, 0.15) is 5.56 Å². The van der Waals surface area contributed by atoms with Gasteiger partial charge in [-0.05, 0) is 17.7 Å². The topological polar surface area (TPSA) is 96.0 Å². The number of nitrogens with zero attached hydrogens (tertiary/aromatic N) is 2. The fourth-order valence-corrected chi connectivity index (χ4v) is 7.78. The minimum atomic E-state index is -3.56. The summed E-state index contributed by atoms with van der Waals surface area (Å²) in [6.07, 6.45) is 1.88. The highest BCUT2D eigenvalue weighted by molar-refractivity contribution is 7.89. The zero-order valence-corrected chi connectivity index (χ0v) is 19.6. The summed E-state index contributed by atoms with van der Waals surface area (Å²) < 4.78 is 33.1. The van der Waals surface area contributed by atoms with Gasteiger partial charge >= 0.3 is 12.1 Å². The van der Waals surface area contributed by atoms with E-state index in [4.69, 9.17) is 4.74 Å². The van der Waals surface area contributed by atoms with Crippen molar-refractivity contribution in [1.29, 1.82) is 0 Å². The lowest BCUT2D eigenvalue weighted by molar-refractivity contribution is 0.139. The molecule has 0 spiro atoms. The maximum Gasteiger partial charge on any atom is 0.419 e. The molecule has 3 atom stereocenters. The molecule has 0 unspecified atom stereocenters. The summed E-state index contributed by atoms with van der Waals surface area (Å²) in [6.45, 7) is 6.66. The van der Waals surface area contributed by atoms with Crippen molar-refractivity contribution in [2.75, 3.05) is 12.8 Å². The van der Waals surface area contributed by atoms with Crippen LogP contribution in [0.5, 0.6) is 0 Å². The summed E-state index contributed by atoms with van der Waals surface area (Å²) in [4.78, 5) is 27.9. The van der Waals surface area contributed by atoms with Gasteiger partial charge < -0.3 is 9.64 Å². The fourth-order valence-electron chi connectivity index (χ4n) is 3.50. The van der Waals surface area contributed by atoms with Crippen LogP contribution in [0.2, 0.25) is 25.7 Å². The molecule has 1 heterocycles. The van der Waals surface area contributed by atoms with E-state index in [0.717, 1.165) is 10.5 Å². The van der Waals surface area contributed by atoms with Gasteiger partial charge in [0.05, 0.1) is 11.8 Å². The van der Waals surface area contributed by atoms with Crippen LogP contribution in [-0.2, 0) is 21.3 Å². The third-order valence-electron chi connectivity index (χ3n) is 5.18. The highest BCUT2D eigenvalue weighted by Gasteiger charge is 2.52. The second-order valence-corrected chi connectivity index (χ2v) is 16.5. The van der Waals surface area contributed by atoms with Crippen LogP contribution in [0.3, 0.4) is 0 Å². The maximum absolute atomic E-state index is 13.0. The molecule has 164 valence electrons. The van der Waals surface area contributed by atoms with Crippen molar-refractivity contribution >= 4 is 30.2 Å². The minimum Gasteiger partial charge on any atom is -0.439 e. The molecule has 3 rings (SSSR count). The number of amides is 3. The smallest absolute Gasteiger partial charge is 0.419 e. The molecule has 0 saturated carbocycles. The molecule has 8 nitrogen and oxygen atoms in total. The fraction of sp³-hybridized carbons (Fsp3) is 0.500. The van der Waals surface area contributed by atoms with Crippen LogP contribution in [0.25, 0.3) is 0 Å². The van der Waals surface area contributed by atoms with Gasteiger partial charge in [-0.1, -0.05) is 56.0 Å². The molecule has 1 aliphatic carbocycles. The van der Waals surface area contributed by atoms with E-state index in [0.29, 0.717) is 12.6 Å². The summed E-state index contributed by atoms with van der Waals surface area (Å²) in [5.41, 5.74) is 0.922. The molecular formula is C20H29N3O5SSi. The van der Waals surface area contributed by atoms with E-state index >= 15 is 0 Å². The molecule has 1 fully saturated rings. The number of ether oxygens (including phenoxy) is 1. The van der Waals surface area contributed by atoms with Crippen LogP contribution in [-0.4, -0.2) is 69.4 Å². The van der Waals surface area contributed by atoms with Crippen molar-refractivity contribution < 1.29 is 22.7 Å². The average Bonchev–Trinajstić information content (AvgIpc) is 3.18. The Kier molecular flexibility index (Phi) is 6.39. The van der Waals surface area contributed by atoms with E-state index in [2.05, 4.69) is 24.4 Å². The number of benzene rings is 1. The predicted molar refractivity (Wildman–Crippen MR) is 117 cm³/mol. The van der Waals surface area contributed by atoms with Gasteiger partial charge in [-0.3, -0.25) is 0 Å². The molecule has 1 aromatic carbocycles. The minimum absolute atomic E-state index is 0.0289. The van der Waals surface area contributed by atoms with E-state index in [-0.39, 0.29) is 5.75 Å². The summed E-state index contributed by atoms with van der Waals surface area (Å²) in [6, 6.07) is 8.09. The van der Waals surface area contributed by atoms with Gasteiger partial charge in [0.15, 0.2) is 0 Å². The van der Waals surface area contributed by atoms with Gasteiger partial charge in [0.25, 0.3) is 0 Å². The Morgan fingerprint density at radius 3 is 2.50 bits per heavy atom. The first kappa shape index (κ1) is 22.5. The zero-order chi connectivity index (χ0) is 22.1. The lowest BCUT2D eigenvalue weighted by atomic mass is 10.1. The third-order valence-corrected chi connectivity index (χ3v) is 8.66. The Labute approximate surface area is 178 Å². The van der Waals surface area contributed by atoms with Crippen LogP contribution in [0, 0.1) is 0 Å². The lowest BCUT2D eigenvalue weighted by Gasteiger charge is -2.29. The van der Waals surface area contributed by atoms with Crippen molar-refractivity contribution in [3.05, 3.63) is 48.0 Å². The Morgan fingerprint density at radius 1 is 1.20 bits per heavy atom. The van der Waals surface area contributed by atoms with Gasteiger partial charge in [0.1, 0.15) is 12.1 Å². The molecule has 1 N–H and O–H groups in total. The van der Waals surface area contributed by atoms with Gasteiger partial charge in [-0.2, -0.15) is 0 Å². The number of nitrogens with one attached hydrogen (secondary N) is 1. The van der Waals surface area contributed by atoms with Crippen LogP contribution < -0.4 is 4.72 Å². The molecule has 10 heteroatoms. The quantitative estimate of drug-likeness (QED) is 0.508. The number of carbonyl (C=O) groups excluding carboxylic acids is 2. The molecule has 0 aromatic heterocycles. The second kappa shape index (κ2) is 8.52. The van der Waals surface area contributed by atoms with Crippen LogP contribution >= 0.6 is 0 Å². The summed E-state index contributed by atoms with van der Waals surface area (Å²) in [7, 11) is -3.49. The van der Waals surface area contributed by atoms with Crippen molar-refractivity contribution in [2.45, 2.75) is 50.4 Å². The van der Waals surface area contributed by atoms with E-state index in [1.165, 1.54) is 4.90 Å². The highest BCUT2D eigenvalue weighted by atomic mass is 32.2. The monoisotopic (exact) mass is 451 g/mol. The van der Waals surface area contributed by atoms with Crippen LogP contribution in [0.15, 0.2) is 42.5 Å². The number of imide groups is 1. The van der Waals surface area contributed by atoms with E-state index < -0.39 is 48.4 Å². The van der Waals surface area contributed by atoms with Gasteiger partial charge in [0, 0.05) is 21.7 Å². The first-order valence-corrected chi connectivity index (χ1v) is 15.3. The number of carbonyl (C=O) groups is 2. The normalized spacial score (nSPS) is 23.4. The molecule has 0 bridgehead atoms. The number of sulfonamides is 1. The Balaban J connectivity index is 1.71. The second-order valence-electron chi connectivity index (χ2n) is 8.99. The zero-order valence-electron chi connectivity index (χ0n) is 17.7. The van der Waals surface area contributed by atoms with Crippen molar-refractivity contribution in [3.8, 4) is 0 Å². The average molecular weight is 452 g/mol. The number of hydrogen-bond acceptors (Lipinski definition) is 5. The predicted octanol–water partition coefficient (Wildman–Crippen LogP) is 2.62. The van der Waals surface area contributed by atoms with Gasteiger partial charge in [-0.25, -0.2) is 27.6 Å². The lowest BCUT2D eigenvalue weighted by Crippen LogP contribution is -2.54. The number of urea groups is 1. The van der Waals surface area contributed by atoms with Gasteiger partial charge in [-0.15, -0.1) is 0 Å². The standard InChI is InChI=1S/C20H29N3O5SSi/c1-22(14-15-8-6-5-7-9-15)19(24)23-18-16(10-11-17(18)28-20(23)25)21-29(26,27)12-13-30(2,3)4/h5-11,16-18,21H,12-14H2,1-4H3/t16-,17-,18+/m1/s1.